The van der Waals surface area contributed by atoms with Crippen LogP contribution in [0.25, 0.3) is 11.5 Å². The summed E-state index contributed by atoms with van der Waals surface area (Å²) >= 11 is 0. The zero-order chi connectivity index (χ0) is 15.5. The molecule has 0 spiro atoms. The number of H-pyrrole nitrogens is 1. The largest absolute Gasteiger partial charge is 0.419 e. The van der Waals surface area contributed by atoms with E-state index in [0.29, 0.717) is 24.2 Å². The highest BCUT2D eigenvalue weighted by molar-refractivity contribution is 5.49. The van der Waals surface area contributed by atoms with Crippen LogP contribution in [0, 0.1) is 0 Å². The summed E-state index contributed by atoms with van der Waals surface area (Å²) in [6.07, 6.45) is 9.46. The molecule has 4 heterocycles. The topological polar surface area (TPSA) is 83.7 Å². The van der Waals surface area contributed by atoms with Gasteiger partial charge in [-0.1, -0.05) is 0 Å². The van der Waals surface area contributed by atoms with Crippen molar-refractivity contribution >= 4 is 0 Å². The molecule has 0 aliphatic carbocycles. The Labute approximate surface area is 133 Å². The van der Waals surface area contributed by atoms with Crippen LogP contribution in [0.2, 0.25) is 0 Å². The molecule has 0 saturated carbocycles. The Morgan fingerprint density at radius 3 is 3.13 bits per heavy atom. The first kappa shape index (κ1) is 14.1. The minimum Gasteiger partial charge on any atom is -0.419 e. The summed E-state index contributed by atoms with van der Waals surface area (Å²) < 4.78 is 5.77. The minimum absolute atomic E-state index is 0.444. The summed E-state index contributed by atoms with van der Waals surface area (Å²) in [7, 11) is 0. The normalized spacial score (nSPS) is 19.0. The van der Waals surface area contributed by atoms with Gasteiger partial charge in [-0.05, 0) is 31.5 Å². The average Bonchev–Trinajstić information content (AvgIpc) is 3.28. The molecule has 1 atom stereocenters. The molecule has 0 bridgehead atoms. The van der Waals surface area contributed by atoms with Gasteiger partial charge in [-0.3, -0.25) is 9.88 Å². The van der Waals surface area contributed by atoms with E-state index >= 15 is 0 Å². The van der Waals surface area contributed by atoms with Gasteiger partial charge in [-0.15, -0.1) is 10.2 Å². The Bertz CT molecular complexity index is 739. The number of aromatic amines is 1. The predicted octanol–water partition coefficient (Wildman–Crippen LogP) is 2.23. The number of likely N-dealkylation sites (tertiary alicyclic amines) is 1. The van der Waals surface area contributed by atoms with Crippen molar-refractivity contribution in [3.05, 3.63) is 48.6 Å². The number of hydrogen-bond donors (Lipinski definition) is 1. The van der Waals surface area contributed by atoms with Gasteiger partial charge in [0.05, 0.1) is 12.1 Å². The quantitative estimate of drug-likeness (QED) is 0.795. The molecule has 0 radical (unpaired) electrons. The van der Waals surface area contributed by atoms with E-state index in [1.54, 1.807) is 12.4 Å². The zero-order valence-electron chi connectivity index (χ0n) is 12.7. The lowest BCUT2D eigenvalue weighted by Gasteiger charge is -2.30. The van der Waals surface area contributed by atoms with Crippen molar-refractivity contribution in [2.45, 2.75) is 25.3 Å². The maximum Gasteiger partial charge on any atom is 0.249 e. The van der Waals surface area contributed by atoms with Gasteiger partial charge >= 0.3 is 0 Å². The Morgan fingerprint density at radius 2 is 2.30 bits per heavy atom. The minimum atomic E-state index is 0.444. The molecule has 23 heavy (non-hydrogen) atoms. The summed E-state index contributed by atoms with van der Waals surface area (Å²) in [6.45, 7) is 2.67. The molecule has 0 aromatic carbocycles. The third-order valence-electron chi connectivity index (χ3n) is 4.15. The first-order valence-electron chi connectivity index (χ1n) is 7.83. The molecule has 118 valence electrons. The van der Waals surface area contributed by atoms with E-state index in [1.807, 2.05) is 24.5 Å². The van der Waals surface area contributed by atoms with Gasteiger partial charge in [0, 0.05) is 37.3 Å². The number of aromatic nitrogens is 5. The Balaban J connectivity index is 1.43. The summed E-state index contributed by atoms with van der Waals surface area (Å²) in [5, 5.41) is 8.28. The number of piperidine rings is 1. The van der Waals surface area contributed by atoms with Crippen LogP contribution in [0.3, 0.4) is 0 Å². The summed E-state index contributed by atoms with van der Waals surface area (Å²) in [6, 6.07) is 3.77. The molecule has 7 heteroatoms. The fourth-order valence-corrected chi connectivity index (χ4v) is 3.04. The molecule has 3 aromatic rings. The highest BCUT2D eigenvalue weighted by Crippen LogP contribution is 2.25. The van der Waals surface area contributed by atoms with Crippen molar-refractivity contribution in [1.82, 2.24) is 30.0 Å². The summed E-state index contributed by atoms with van der Waals surface area (Å²) in [4.78, 5) is 14.0. The monoisotopic (exact) mass is 310 g/mol. The first-order valence-corrected chi connectivity index (χ1v) is 7.83. The Morgan fingerprint density at radius 1 is 1.30 bits per heavy atom. The molecule has 0 unspecified atom stereocenters. The number of pyridine rings is 1. The third kappa shape index (κ3) is 3.14. The van der Waals surface area contributed by atoms with Gasteiger partial charge in [0.25, 0.3) is 0 Å². The van der Waals surface area contributed by atoms with Gasteiger partial charge in [0.15, 0.2) is 0 Å². The molecular weight excluding hydrogens is 292 g/mol. The van der Waals surface area contributed by atoms with Gasteiger partial charge in [-0.2, -0.15) is 0 Å². The molecule has 1 fully saturated rings. The first-order chi connectivity index (χ1) is 11.4. The molecule has 1 N–H and O–H groups in total. The summed E-state index contributed by atoms with van der Waals surface area (Å²) in [5.41, 5.74) is 0.846. The van der Waals surface area contributed by atoms with E-state index < -0.39 is 0 Å². The maximum atomic E-state index is 5.77. The van der Waals surface area contributed by atoms with Crippen molar-refractivity contribution in [1.29, 1.82) is 0 Å². The predicted molar refractivity (Wildman–Crippen MR) is 83.4 cm³/mol. The van der Waals surface area contributed by atoms with E-state index in [4.69, 9.17) is 4.42 Å². The SMILES string of the molecule is c1cncc(-c2nnc(CN3CCC[C@@H](c4ncc[nH]4)C3)o2)c1. The smallest absolute Gasteiger partial charge is 0.249 e. The number of rotatable bonds is 4. The lowest BCUT2D eigenvalue weighted by atomic mass is 9.97. The van der Waals surface area contributed by atoms with Gasteiger partial charge in [0.1, 0.15) is 5.82 Å². The molecule has 1 saturated heterocycles. The Hall–Kier alpha value is -2.54. The number of nitrogens with zero attached hydrogens (tertiary/aromatic N) is 5. The highest BCUT2D eigenvalue weighted by atomic mass is 16.4. The van der Waals surface area contributed by atoms with Crippen molar-refractivity contribution in [3.63, 3.8) is 0 Å². The second kappa shape index (κ2) is 6.29. The second-order valence-electron chi connectivity index (χ2n) is 5.79. The van der Waals surface area contributed by atoms with Crippen LogP contribution < -0.4 is 0 Å². The van der Waals surface area contributed by atoms with Crippen LogP contribution in [-0.4, -0.2) is 43.1 Å². The van der Waals surface area contributed by atoms with E-state index in [-0.39, 0.29) is 0 Å². The Kier molecular flexibility index (Phi) is 3.85. The van der Waals surface area contributed by atoms with Crippen LogP contribution in [0.15, 0.2) is 41.3 Å². The fraction of sp³-hybridized carbons (Fsp3) is 0.375. The zero-order valence-corrected chi connectivity index (χ0v) is 12.7. The number of hydrogen-bond acceptors (Lipinski definition) is 6. The average molecular weight is 310 g/mol. The molecule has 1 aliphatic rings. The molecule has 7 nitrogen and oxygen atoms in total. The van der Waals surface area contributed by atoms with Crippen molar-refractivity contribution in [2.24, 2.45) is 0 Å². The molecule has 4 rings (SSSR count). The van der Waals surface area contributed by atoms with E-state index in [1.165, 1.54) is 0 Å². The lowest BCUT2D eigenvalue weighted by molar-refractivity contribution is 0.181. The van der Waals surface area contributed by atoms with Gasteiger partial charge in [-0.25, -0.2) is 4.98 Å². The third-order valence-corrected chi connectivity index (χ3v) is 4.15. The molecule has 0 amide bonds. The van der Waals surface area contributed by atoms with Crippen molar-refractivity contribution < 1.29 is 4.42 Å². The second-order valence-corrected chi connectivity index (χ2v) is 5.79. The standard InChI is InChI=1S/C16H18N6O/c1-3-12(9-17-5-1)16-21-20-14(23-16)11-22-8-2-4-13(10-22)15-18-6-7-19-15/h1,3,5-7,9,13H,2,4,8,10-11H2,(H,18,19)/t13-/m1/s1. The van der Waals surface area contributed by atoms with Crippen LogP contribution in [0.4, 0.5) is 0 Å². The fourth-order valence-electron chi connectivity index (χ4n) is 3.04. The number of nitrogens with one attached hydrogen (secondary N) is 1. The van der Waals surface area contributed by atoms with Crippen LogP contribution in [0.5, 0.6) is 0 Å². The molecular formula is C16H18N6O. The van der Waals surface area contributed by atoms with E-state index in [9.17, 15) is 0 Å². The van der Waals surface area contributed by atoms with Crippen LogP contribution >= 0.6 is 0 Å². The van der Waals surface area contributed by atoms with Crippen molar-refractivity contribution in [2.75, 3.05) is 13.1 Å². The van der Waals surface area contributed by atoms with E-state index in [2.05, 4.69) is 30.0 Å². The number of imidazole rings is 1. The van der Waals surface area contributed by atoms with Gasteiger partial charge < -0.3 is 9.40 Å². The summed E-state index contributed by atoms with van der Waals surface area (Å²) in [5.74, 6) is 2.67. The maximum absolute atomic E-state index is 5.77. The van der Waals surface area contributed by atoms with Gasteiger partial charge in [0.2, 0.25) is 11.8 Å². The van der Waals surface area contributed by atoms with Crippen LogP contribution in [0.1, 0.15) is 30.5 Å². The highest BCUT2D eigenvalue weighted by Gasteiger charge is 2.24. The van der Waals surface area contributed by atoms with Crippen LogP contribution in [-0.2, 0) is 6.54 Å². The lowest BCUT2D eigenvalue weighted by Crippen LogP contribution is -2.34. The molecule has 3 aromatic heterocycles. The van der Waals surface area contributed by atoms with E-state index in [0.717, 1.165) is 37.3 Å². The van der Waals surface area contributed by atoms with Crippen molar-refractivity contribution in [3.8, 4) is 11.5 Å². The molecule has 1 aliphatic heterocycles.